The third-order valence-corrected chi connectivity index (χ3v) is 18.4. The highest BCUT2D eigenvalue weighted by atomic mass is 31.2. The van der Waals surface area contributed by atoms with E-state index in [1.54, 1.807) is 0 Å². The molecule has 0 spiro atoms. The Balaban J connectivity index is 5.18. The van der Waals surface area contributed by atoms with E-state index >= 15 is 0 Å². The van der Waals surface area contributed by atoms with Crippen molar-refractivity contribution in [3.63, 3.8) is 0 Å². The van der Waals surface area contributed by atoms with E-state index in [0.29, 0.717) is 25.7 Å². The second-order valence-electron chi connectivity index (χ2n) is 26.6. The van der Waals surface area contributed by atoms with Gasteiger partial charge in [-0.3, -0.25) is 37.3 Å². The molecule has 0 aliphatic carbocycles. The Labute approximate surface area is 549 Å². The van der Waals surface area contributed by atoms with E-state index in [2.05, 4.69) is 41.5 Å². The summed E-state index contributed by atoms with van der Waals surface area (Å²) in [6.45, 7) is 9.55. The first-order valence-electron chi connectivity index (χ1n) is 37.0. The third kappa shape index (κ3) is 64.8. The van der Waals surface area contributed by atoms with Crippen LogP contribution in [0.5, 0.6) is 0 Å². The molecule has 17 nitrogen and oxygen atoms in total. The molecule has 5 atom stereocenters. The number of hydrogen-bond acceptors (Lipinski definition) is 15. The van der Waals surface area contributed by atoms with E-state index in [-0.39, 0.29) is 25.7 Å². The Kier molecular flexibility index (Phi) is 61.8. The number of carbonyl (C=O) groups is 4. The second-order valence-corrected chi connectivity index (χ2v) is 29.5. The van der Waals surface area contributed by atoms with Crippen LogP contribution in [0.2, 0.25) is 0 Å². The van der Waals surface area contributed by atoms with Crippen LogP contribution in [-0.4, -0.2) is 96.7 Å². The second kappa shape index (κ2) is 63.1. The molecule has 3 N–H and O–H groups in total. The number of rotatable bonds is 70. The number of aliphatic hydroxyl groups is 1. The number of hydrogen-bond donors (Lipinski definition) is 3. The highest BCUT2D eigenvalue weighted by molar-refractivity contribution is 7.47. The standard InChI is InChI=1S/C71H138O17P2/c1-7-9-11-13-15-35-41-47-53-68(73)81-59-66(87-70(75)55-49-43-36-16-14-12-10-8-2)61-85-89(77,78)83-57-65(72)58-84-90(79,80)86-62-67(88-71(76)56-50-44-38-32-28-24-20-18-22-26-30-34-40-46-52-64(5)6)60-82-69(74)54-48-42-37-31-27-23-19-17-21-25-29-33-39-45-51-63(3)4/h63-67,72H,7-62H2,1-6H3,(H,77,78)(H,79,80)/t65-,66+,67+/m0/s1. The van der Waals surface area contributed by atoms with Gasteiger partial charge in [-0.2, -0.15) is 0 Å². The highest BCUT2D eigenvalue weighted by Gasteiger charge is 2.30. The van der Waals surface area contributed by atoms with Gasteiger partial charge in [0.2, 0.25) is 0 Å². The van der Waals surface area contributed by atoms with E-state index < -0.39 is 97.5 Å². The lowest BCUT2D eigenvalue weighted by Gasteiger charge is -2.21. The fraction of sp³-hybridized carbons (Fsp3) is 0.944. The maximum absolute atomic E-state index is 13.0. The van der Waals surface area contributed by atoms with Crippen LogP contribution in [0.3, 0.4) is 0 Å². The summed E-state index contributed by atoms with van der Waals surface area (Å²) < 4.78 is 68.2. The van der Waals surface area contributed by atoms with Crippen molar-refractivity contribution < 1.29 is 80.2 Å². The van der Waals surface area contributed by atoms with Crippen molar-refractivity contribution in [1.29, 1.82) is 0 Å². The molecule has 19 heteroatoms. The first kappa shape index (κ1) is 88.1. The Hall–Kier alpha value is -1.94. The minimum Gasteiger partial charge on any atom is -0.462 e. The summed E-state index contributed by atoms with van der Waals surface area (Å²) in [7, 11) is -9.89. The zero-order valence-electron chi connectivity index (χ0n) is 58.4. The fourth-order valence-electron chi connectivity index (χ4n) is 10.8. The SMILES string of the molecule is CCCCCCCCCCC(=O)OC[C@H](COP(=O)(O)OC[C@H](O)COP(=O)(O)OC[C@@H](COC(=O)CCCCCCCCCCCCCCCCC(C)C)OC(=O)CCCCCCCCCCCCCCCCC(C)C)OC(=O)CCCCCCCCCC. The summed E-state index contributed by atoms with van der Waals surface area (Å²) in [6, 6.07) is 0. The molecule has 0 aliphatic heterocycles. The summed E-state index contributed by atoms with van der Waals surface area (Å²) in [5, 5.41) is 10.6. The molecule has 0 fully saturated rings. The summed E-state index contributed by atoms with van der Waals surface area (Å²) in [5.41, 5.74) is 0. The Morgan fingerprint density at radius 2 is 0.511 bits per heavy atom. The topological polar surface area (TPSA) is 237 Å². The van der Waals surface area contributed by atoms with E-state index in [4.69, 9.17) is 37.0 Å². The first-order valence-corrected chi connectivity index (χ1v) is 40.0. The molecule has 534 valence electrons. The van der Waals surface area contributed by atoms with Crippen LogP contribution in [-0.2, 0) is 65.4 Å². The molecule has 0 bridgehead atoms. The number of carbonyl (C=O) groups excluding carboxylic acids is 4. The van der Waals surface area contributed by atoms with Crippen molar-refractivity contribution in [3.05, 3.63) is 0 Å². The summed E-state index contributed by atoms with van der Waals surface area (Å²) in [4.78, 5) is 72.4. The van der Waals surface area contributed by atoms with Crippen molar-refractivity contribution in [1.82, 2.24) is 0 Å². The van der Waals surface area contributed by atoms with E-state index in [0.717, 1.165) is 115 Å². The van der Waals surface area contributed by atoms with E-state index in [1.807, 2.05) is 0 Å². The molecular formula is C71H138O17P2. The lowest BCUT2D eigenvalue weighted by atomic mass is 10.0. The highest BCUT2D eigenvalue weighted by Crippen LogP contribution is 2.45. The van der Waals surface area contributed by atoms with Gasteiger partial charge in [-0.05, 0) is 37.5 Å². The Morgan fingerprint density at radius 1 is 0.300 bits per heavy atom. The molecule has 0 amide bonds. The van der Waals surface area contributed by atoms with Crippen molar-refractivity contribution in [3.8, 4) is 0 Å². The molecule has 2 unspecified atom stereocenters. The number of phosphoric acid groups is 2. The predicted octanol–water partition coefficient (Wildman–Crippen LogP) is 20.4. The van der Waals surface area contributed by atoms with Crippen molar-refractivity contribution in [2.45, 2.75) is 381 Å². The molecule has 0 saturated carbocycles. The fourth-order valence-corrected chi connectivity index (χ4v) is 12.3. The molecule has 0 aromatic carbocycles. The molecular weight excluding hydrogens is 1190 g/mol. The number of aliphatic hydroxyl groups excluding tert-OH is 1. The van der Waals surface area contributed by atoms with Crippen LogP contribution in [0.25, 0.3) is 0 Å². The zero-order valence-corrected chi connectivity index (χ0v) is 60.2. The molecule has 0 heterocycles. The minimum atomic E-state index is -4.95. The van der Waals surface area contributed by atoms with Crippen LogP contribution in [0.15, 0.2) is 0 Å². The van der Waals surface area contributed by atoms with Gasteiger partial charge in [-0.1, -0.05) is 311 Å². The Bertz CT molecular complexity index is 1750. The average Bonchev–Trinajstić information content (AvgIpc) is 3.69. The average molecular weight is 1330 g/mol. The number of phosphoric ester groups is 2. The van der Waals surface area contributed by atoms with Crippen LogP contribution >= 0.6 is 15.6 Å². The molecule has 0 saturated heterocycles. The predicted molar refractivity (Wildman–Crippen MR) is 363 cm³/mol. The van der Waals surface area contributed by atoms with Gasteiger partial charge in [0.25, 0.3) is 0 Å². The molecule has 0 rings (SSSR count). The van der Waals surface area contributed by atoms with E-state index in [1.165, 1.54) is 167 Å². The van der Waals surface area contributed by atoms with Crippen LogP contribution in [0.1, 0.15) is 363 Å². The maximum Gasteiger partial charge on any atom is 0.472 e. The zero-order chi connectivity index (χ0) is 66.5. The number of esters is 4. The molecule has 0 aromatic rings. The third-order valence-electron chi connectivity index (χ3n) is 16.5. The van der Waals surface area contributed by atoms with Crippen molar-refractivity contribution in [2.75, 3.05) is 39.6 Å². The van der Waals surface area contributed by atoms with E-state index in [9.17, 15) is 43.2 Å². The lowest BCUT2D eigenvalue weighted by Crippen LogP contribution is -2.30. The van der Waals surface area contributed by atoms with Gasteiger partial charge in [-0.15, -0.1) is 0 Å². The maximum atomic E-state index is 13.0. The van der Waals surface area contributed by atoms with Crippen LogP contribution < -0.4 is 0 Å². The van der Waals surface area contributed by atoms with Crippen LogP contribution in [0, 0.1) is 11.8 Å². The molecule has 90 heavy (non-hydrogen) atoms. The summed E-state index contributed by atoms with van der Waals surface area (Å²) in [6.07, 6.45) is 48.7. The van der Waals surface area contributed by atoms with Gasteiger partial charge in [-0.25, -0.2) is 9.13 Å². The van der Waals surface area contributed by atoms with Crippen LogP contribution in [0.4, 0.5) is 0 Å². The van der Waals surface area contributed by atoms with Crippen molar-refractivity contribution >= 4 is 39.5 Å². The summed E-state index contributed by atoms with van der Waals surface area (Å²) >= 11 is 0. The number of ether oxygens (including phenoxy) is 4. The van der Waals surface area contributed by atoms with Gasteiger partial charge in [0.15, 0.2) is 12.2 Å². The molecule has 0 radical (unpaired) electrons. The van der Waals surface area contributed by atoms with Crippen molar-refractivity contribution in [2.24, 2.45) is 11.8 Å². The summed E-state index contributed by atoms with van der Waals surface area (Å²) in [5.74, 6) is -0.533. The van der Waals surface area contributed by atoms with Gasteiger partial charge in [0.1, 0.15) is 19.3 Å². The quantitative estimate of drug-likeness (QED) is 0.0222. The molecule has 0 aliphatic rings. The minimum absolute atomic E-state index is 0.105. The van der Waals surface area contributed by atoms with Gasteiger partial charge in [0, 0.05) is 25.7 Å². The number of unbranched alkanes of at least 4 members (excludes halogenated alkanes) is 40. The normalized spacial score (nSPS) is 14.1. The Morgan fingerprint density at radius 3 is 0.756 bits per heavy atom. The smallest absolute Gasteiger partial charge is 0.462 e. The van der Waals surface area contributed by atoms with Gasteiger partial charge >= 0.3 is 39.5 Å². The monoisotopic (exact) mass is 1320 g/mol. The lowest BCUT2D eigenvalue weighted by molar-refractivity contribution is -0.161. The largest absolute Gasteiger partial charge is 0.472 e. The molecule has 0 aromatic heterocycles. The van der Waals surface area contributed by atoms with Gasteiger partial charge in [0.05, 0.1) is 26.4 Å². The van der Waals surface area contributed by atoms with Gasteiger partial charge < -0.3 is 33.8 Å². The first-order chi connectivity index (χ1) is 43.4.